The number of nitrogens with zero attached hydrogens (tertiary/aromatic N) is 2. The van der Waals surface area contributed by atoms with Crippen molar-refractivity contribution in [2.24, 2.45) is 5.92 Å². The number of H-pyrrole nitrogens is 1. The van der Waals surface area contributed by atoms with Crippen LogP contribution in [0.25, 0.3) is 10.9 Å². The Morgan fingerprint density at radius 3 is 3.03 bits per heavy atom. The second-order valence-electron chi connectivity index (χ2n) is 7.93. The van der Waals surface area contributed by atoms with Crippen LogP contribution in [0.4, 0.5) is 0 Å². The Balaban J connectivity index is 1.41. The summed E-state index contributed by atoms with van der Waals surface area (Å²) in [5.41, 5.74) is 0.909. The lowest BCUT2D eigenvalue weighted by Crippen LogP contribution is -2.40. The fraction of sp³-hybridized carbons (Fsp3) is 0.348. The predicted octanol–water partition coefficient (Wildman–Crippen LogP) is 3.95. The van der Waals surface area contributed by atoms with E-state index in [2.05, 4.69) is 39.3 Å². The van der Waals surface area contributed by atoms with Crippen molar-refractivity contribution in [3.63, 3.8) is 0 Å². The van der Waals surface area contributed by atoms with Gasteiger partial charge in [-0.3, -0.25) is 19.1 Å². The third-order valence-electron chi connectivity index (χ3n) is 5.67. The molecule has 0 bridgehead atoms. The number of thiophene rings is 1. The molecule has 162 valence electrons. The lowest BCUT2D eigenvalue weighted by Gasteiger charge is -2.32. The number of carbonyl (C=O) groups excluding carboxylic acids is 1. The molecule has 0 spiro atoms. The number of hydrogen-bond acceptors (Lipinski definition) is 5. The van der Waals surface area contributed by atoms with Crippen molar-refractivity contribution in [3.05, 3.63) is 73.9 Å². The molecule has 1 saturated heterocycles. The van der Waals surface area contributed by atoms with Crippen molar-refractivity contribution in [2.45, 2.75) is 25.9 Å². The first kappa shape index (κ1) is 21.7. The van der Waals surface area contributed by atoms with Gasteiger partial charge in [0.2, 0.25) is 0 Å². The first-order valence-electron chi connectivity index (χ1n) is 10.5. The highest BCUT2D eigenvalue weighted by Crippen LogP contribution is 2.20. The number of nitrogens with one attached hydrogen (secondary N) is 2. The van der Waals surface area contributed by atoms with Gasteiger partial charge in [-0.1, -0.05) is 12.1 Å². The number of aromatic nitrogens is 2. The number of amides is 1. The van der Waals surface area contributed by atoms with E-state index in [0.29, 0.717) is 40.2 Å². The summed E-state index contributed by atoms with van der Waals surface area (Å²) in [6.07, 6.45) is 3.90. The molecule has 1 fully saturated rings. The quantitative estimate of drug-likeness (QED) is 0.419. The third-order valence-corrected chi connectivity index (χ3v) is 6.85. The van der Waals surface area contributed by atoms with Crippen LogP contribution >= 0.6 is 23.6 Å². The van der Waals surface area contributed by atoms with Gasteiger partial charge in [-0.2, -0.15) is 0 Å². The minimum Gasteiger partial charge on any atom is -0.352 e. The van der Waals surface area contributed by atoms with Gasteiger partial charge in [0.25, 0.3) is 11.5 Å². The lowest BCUT2D eigenvalue weighted by atomic mass is 9.97. The van der Waals surface area contributed by atoms with E-state index in [-0.39, 0.29) is 11.5 Å². The van der Waals surface area contributed by atoms with Crippen LogP contribution in [0, 0.1) is 10.7 Å². The molecule has 31 heavy (non-hydrogen) atoms. The summed E-state index contributed by atoms with van der Waals surface area (Å²) >= 11 is 7.07. The Morgan fingerprint density at radius 2 is 2.26 bits per heavy atom. The zero-order valence-corrected chi connectivity index (χ0v) is 18.9. The molecule has 1 atom stereocenters. The highest BCUT2D eigenvalue weighted by Gasteiger charge is 2.21. The zero-order valence-electron chi connectivity index (χ0n) is 17.3. The molecule has 1 amide bonds. The minimum absolute atomic E-state index is 0.133. The monoisotopic (exact) mass is 454 g/mol. The summed E-state index contributed by atoms with van der Waals surface area (Å²) in [6, 6.07) is 9.34. The molecule has 1 aliphatic heterocycles. The highest BCUT2D eigenvalue weighted by molar-refractivity contribution is 7.71. The second kappa shape index (κ2) is 9.72. The average molecular weight is 455 g/mol. The number of piperidine rings is 1. The van der Waals surface area contributed by atoms with Crippen molar-refractivity contribution < 1.29 is 4.79 Å². The number of fused-ring (bicyclic) bond motifs is 1. The molecule has 4 rings (SSSR count). The Labute approximate surface area is 190 Å². The molecule has 2 N–H and O–H groups in total. The van der Waals surface area contributed by atoms with E-state index < -0.39 is 0 Å². The Morgan fingerprint density at radius 1 is 1.39 bits per heavy atom. The molecule has 3 aromatic rings. The molecule has 0 aliphatic carbocycles. The van der Waals surface area contributed by atoms with Gasteiger partial charge < -0.3 is 10.3 Å². The molecule has 8 heteroatoms. The van der Waals surface area contributed by atoms with E-state index in [1.54, 1.807) is 35.6 Å². The van der Waals surface area contributed by atoms with Crippen LogP contribution in [-0.2, 0) is 13.1 Å². The number of benzene rings is 1. The van der Waals surface area contributed by atoms with Crippen molar-refractivity contribution in [1.29, 1.82) is 0 Å². The maximum atomic E-state index is 12.7. The first-order chi connectivity index (χ1) is 15.0. The maximum absolute atomic E-state index is 12.7. The molecule has 0 saturated carbocycles. The number of allylic oxidation sites excluding steroid dienone is 1. The summed E-state index contributed by atoms with van der Waals surface area (Å²) in [6.45, 7) is 7.73. The molecule has 2 aromatic heterocycles. The summed E-state index contributed by atoms with van der Waals surface area (Å²) in [7, 11) is 0. The molecule has 1 aliphatic rings. The molecule has 3 heterocycles. The SMILES string of the molecule is C=CCn1c(=S)[nH]c2cc(C(=O)NCC3CCCN(Cc4cccs4)C3)ccc2c1=O. The van der Waals surface area contributed by atoms with Crippen molar-refractivity contribution in [3.8, 4) is 0 Å². The van der Waals surface area contributed by atoms with E-state index in [1.165, 1.54) is 9.44 Å². The van der Waals surface area contributed by atoms with Gasteiger partial charge in [-0.05, 0) is 67.2 Å². The normalized spacial score (nSPS) is 17.0. The number of rotatable bonds is 7. The van der Waals surface area contributed by atoms with Crippen LogP contribution < -0.4 is 10.9 Å². The lowest BCUT2D eigenvalue weighted by molar-refractivity contribution is 0.0931. The first-order valence-corrected chi connectivity index (χ1v) is 11.7. The molecular weight excluding hydrogens is 428 g/mol. The Hall–Kier alpha value is -2.55. The number of carbonyl (C=O) groups is 1. The topological polar surface area (TPSA) is 70.1 Å². The zero-order chi connectivity index (χ0) is 21.8. The minimum atomic E-state index is -0.182. The van der Waals surface area contributed by atoms with Crippen molar-refractivity contribution >= 4 is 40.4 Å². The number of hydrogen-bond donors (Lipinski definition) is 2. The van der Waals surface area contributed by atoms with E-state index in [0.717, 1.165) is 32.5 Å². The van der Waals surface area contributed by atoms with E-state index in [4.69, 9.17) is 12.2 Å². The molecule has 1 aromatic carbocycles. The van der Waals surface area contributed by atoms with E-state index >= 15 is 0 Å². The van der Waals surface area contributed by atoms with Crippen molar-refractivity contribution in [2.75, 3.05) is 19.6 Å². The van der Waals surface area contributed by atoms with Gasteiger partial charge in [0.1, 0.15) is 0 Å². The van der Waals surface area contributed by atoms with Crippen molar-refractivity contribution in [1.82, 2.24) is 19.8 Å². The molecule has 6 nitrogen and oxygen atoms in total. The van der Waals surface area contributed by atoms with Crippen LogP contribution in [0.15, 0.2) is 53.2 Å². The van der Waals surface area contributed by atoms with Gasteiger partial charge in [0, 0.05) is 36.6 Å². The Bertz CT molecular complexity index is 1200. The van der Waals surface area contributed by atoms with Crippen LogP contribution in [0.3, 0.4) is 0 Å². The molecule has 1 unspecified atom stereocenters. The van der Waals surface area contributed by atoms with Gasteiger partial charge in [0.05, 0.1) is 10.9 Å². The van der Waals surface area contributed by atoms with E-state index in [9.17, 15) is 9.59 Å². The second-order valence-corrected chi connectivity index (χ2v) is 9.35. The van der Waals surface area contributed by atoms with Crippen LogP contribution in [0.2, 0.25) is 0 Å². The fourth-order valence-electron chi connectivity index (χ4n) is 4.11. The van der Waals surface area contributed by atoms with Gasteiger partial charge in [-0.25, -0.2) is 0 Å². The average Bonchev–Trinajstić information content (AvgIpc) is 3.28. The summed E-state index contributed by atoms with van der Waals surface area (Å²) in [5, 5.41) is 5.69. The highest BCUT2D eigenvalue weighted by atomic mass is 32.1. The summed E-state index contributed by atoms with van der Waals surface area (Å²) in [4.78, 5) is 32.3. The van der Waals surface area contributed by atoms with Crippen LogP contribution in [0.5, 0.6) is 0 Å². The van der Waals surface area contributed by atoms with Gasteiger partial charge in [-0.15, -0.1) is 17.9 Å². The van der Waals surface area contributed by atoms with Crippen LogP contribution in [-0.4, -0.2) is 40.0 Å². The maximum Gasteiger partial charge on any atom is 0.262 e. The van der Waals surface area contributed by atoms with Crippen LogP contribution in [0.1, 0.15) is 28.1 Å². The van der Waals surface area contributed by atoms with E-state index in [1.807, 2.05) is 0 Å². The largest absolute Gasteiger partial charge is 0.352 e. The fourth-order valence-corrected chi connectivity index (χ4v) is 5.13. The molecular formula is C23H26N4O2S2. The third kappa shape index (κ3) is 5.03. The summed E-state index contributed by atoms with van der Waals surface area (Å²) < 4.78 is 1.78. The number of aromatic amines is 1. The smallest absolute Gasteiger partial charge is 0.262 e. The summed E-state index contributed by atoms with van der Waals surface area (Å²) in [5.74, 6) is 0.307. The molecule has 0 radical (unpaired) electrons. The number of likely N-dealkylation sites (tertiary alicyclic amines) is 1. The van der Waals surface area contributed by atoms with Gasteiger partial charge in [0.15, 0.2) is 4.77 Å². The van der Waals surface area contributed by atoms with Gasteiger partial charge >= 0.3 is 0 Å². The predicted molar refractivity (Wildman–Crippen MR) is 128 cm³/mol. The Kier molecular flexibility index (Phi) is 6.80. The standard InChI is InChI=1S/C23H26N4O2S2/c1-2-9-27-22(29)19-8-7-17(12-20(19)25-23(27)30)21(28)24-13-16-5-3-10-26(14-16)15-18-6-4-11-31-18/h2,4,6-8,11-12,16H,1,3,5,9-10,13-15H2,(H,24,28)(H,25,30).